The molecule has 0 heterocycles. The molecule has 1 aliphatic carbocycles. The molecule has 0 amide bonds. The third kappa shape index (κ3) is 2.44. The van der Waals surface area contributed by atoms with E-state index in [2.05, 4.69) is 78.9 Å². The van der Waals surface area contributed by atoms with Crippen LogP contribution in [0, 0.1) is 0 Å². The molecule has 0 spiro atoms. The molecule has 3 aromatic carbocycles. The van der Waals surface area contributed by atoms with Crippen molar-refractivity contribution in [2.24, 2.45) is 5.73 Å². The third-order valence-corrected chi connectivity index (χ3v) is 4.48. The van der Waals surface area contributed by atoms with Crippen LogP contribution in [0.4, 0.5) is 0 Å². The summed E-state index contributed by atoms with van der Waals surface area (Å²) in [5, 5.41) is 0. The first kappa shape index (κ1) is 13.3. The van der Waals surface area contributed by atoms with E-state index in [9.17, 15) is 0 Å². The second kappa shape index (κ2) is 5.43. The van der Waals surface area contributed by atoms with E-state index in [4.69, 9.17) is 5.73 Å². The standard InChI is InChI=1S/C21H19N/c22-21-14-20(21)17-10-6-9-16(13-17)19-12-5-4-11-18(19)15-7-2-1-3-8-15/h1-13,20-21H,14,22H2/t20-,21+/m0/s1. The molecule has 3 aromatic rings. The molecule has 0 saturated heterocycles. The minimum atomic E-state index is 0.347. The lowest BCUT2D eigenvalue weighted by Crippen LogP contribution is -2.00. The van der Waals surface area contributed by atoms with Crippen LogP contribution in [-0.4, -0.2) is 6.04 Å². The van der Waals surface area contributed by atoms with Gasteiger partial charge in [-0.2, -0.15) is 0 Å². The third-order valence-electron chi connectivity index (χ3n) is 4.48. The van der Waals surface area contributed by atoms with Crippen molar-refractivity contribution in [2.45, 2.75) is 18.4 Å². The van der Waals surface area contributed by atoms with Crippen LogP contribution in [0.2, 0.25) is 0 Å². The molecule has 108 valence electrons. The minimum absolute atomic E-state index is 0.347. The summed E-state index contributed by atoms with van der Waals surface area (Å²) in [6.45, 7) is 0. The van der Waals surface area contributed by atoms with Gasteiger partial charge in [0.2, 0.25) is 0 Å². The average molecular weight is 285 g/mol. The average Bonchev–Trinajstić information content (AvgIpc) is 3.33. The Kier molecular flexibility index (Phi) is 3.28. The fourth-order valence-electron chi connectivity index (χ4n) is 3.14. The highest BCUT2D eigenvalue weighted by molar-refractivity contribution is 5.83. The molecule has 4 rings (SSSR count). The van der Waals surface area contributed by atoms with Crippen molar-refractivity contribution in [3.05, 3.63) is 84.4 Å². The van der Waals surface area contributed by atoms with E-state index in [0.717, 1.165) is 6.42 Å². The van der Waals surface area contributed by atoms with Gasteiger partial charge in [0.15, 0.2) is 0 Å². The molecule has 1 fully saturated rings. The highest BCUT2D eigenvalue weighted by Crippen LogP contribution is 2.41. The summed E-state index contributed by atoms with van der Waals surface area (Å²) in [7, 11) is 0. The van der Waals surface area contributed by atoms with Crippen LogP contribution in [0.15, 0.2) is 78.9 Å². The summed E-state index contributed by atoms with van der Waals surface area (Å²) >= 11 is 0. The molecule has 0 aromatic heterocycles. The van der Waals surface area contributed by atoms with E-state index < -0.39 is 0 Å². The molecule has 0 unspecified atom stereocenters. The summed E-state index contributed by atoms with van der Waals surface area (Å²) in [4.78, 5) is 0. The summed E-state index contributed by atoms with van der Waals surface area (Å²) < 4.78 is 0. The zero-order chi connectivity index (χ0) is 14.9. The van der Waals surface area contributed by atoms with Gasteiger partial charge in [-0.05, 0) is 34.2 Å². The second-order valence-corrected chi connectivity index (χ2v) is 6.04. The minimum Gasteiger partial charge on any atom is -0.327 e. The van der Waals surface area contributed by atoms with Crippen molar-refractivity contribution in [1.82, 2.24) is 0 Å². The van der Waals surface area contributed by atoms with Gasteiger partial charge in [-0.25, -0.2) is 0 Å². The smallest absolute Gasteiger partial charge is 0.0115 e. The molecular weight excluding hydrogens is 266 g/mol. The fourth-order valence-corrected chi connectivity index (χ4v) is 3.14. The predicted octanol–water partition coefficient (Wildman–Crippen LogP) is 4.84. The predicted molar refractivity (Wildman–Crippen MR) is 92.6 cm³/mol. The van der Waals surface area contributed by atoms with Crippen LogP contribution in [0.25, 0.3) is 22.3 Å². The maximum Gasteiger partial charge on any atom is 0.0115 e. The Morgan fingerprint density at radius 1 is 0.682 bits per heavy atom. The van der Waals surface area contributed by atoms with Crippen molar-refractivity contribution in [3.8, 4) is 22.3 Å². The monoisotopic (exact) mass is 285 g/mol. The van der Waals surface area contributed by atoms with Gasteiger partial charge in [-0.3, -0.25) is 0 Å². The van der Waals surface area contributed by atoms with Gasteiger partial charge in [-0.1, -0.05) is 78.9 Å². The molecule has 0 aliphatic heterocycles. The van der Waals surface area contributed by atoms with Crippen molar-refractivity contribution < 1.29 is 0 Å². The van der Waals surface area contributed by atoms with Crippen LogP contribution in [-0.2, 0) is 0 Å². The number of nitrogens with two attached hydrogens (primary N) is 1. The fraction of sp³-hybridized carbons (Fsp3) is 0.143. The van der Waals surface area contributed by atoms with E-state index in [0.29, 0.717) is 12.0 Å². The van der Waals surface area contributed by atoms with Gasteiger partial charge < -0.3 is 5.73 Å². The Balaban J connectivity index is 1.80. The highest BCUT2D eigenvalue weighted by Gasteiger charge is 2.34. The Labute approximate surface area is 131 Å². The SMILES string of the molecule is N[C@@H]1C[C@H]1c1cccc(-c2ccccc2-c2ccccc2)c1. The van der Waals surface area contributed by atoms with E-state index in [-0.39, 0.29) is 0 Å². The first-order valence-corrected chi connectivity index (χ1v) is 7.83. The lowest BCUT2D eigenvalue weighted by atomic mass is 9.93. The van der Waals surface area contributed by atoms with Crippen molar-refractivity contribution in [3.63, 3.8) is 0 Å². The van der Waals surface area contributed by atoms with E-state index >= 15 is 0 Å². The summed E-state index contributed by atoms with van der Waals surface area (Å²) in [6, 6.07) is 28.4. The van der Waals surface area contributed by atoms with Crippen molar-refractivity contribution in [1.29, 1.82) is 0 Å². The molecule has 1 heteroatoms. The summed E-state index contributed by atoms with van der Waals surface area (Å²) in [5.74, 6) is 0.545. The van der Waals surface area contributed by atoms with Gasteiger partial charge in [0.05, 0.1) is 0 Å². The van der Waals surface area contributed by atoms with Gasteiger partial charge >= 0.3 is 0 Å². The maximum atomic E-state index is 6.01. The number of hydrogen-bond acceptors (Lipinski definition) is 1. The van der Waals surface area contributed by atoms with Gasteiger partial charge in [0, 0.05) is 12.0 Å². The molecule has 1 aliphatic rings. The molecular formula is C21H19N. The zero-order valence-electron chi connectivity index (χ0n) is 12.4. The molecule has 1 saturated carbocycles. The molecule has 22 heavy (non-hydrogen) atoms. The van der Waals surface area contributed by atoms with Crippen LogP contribution in [0.1, 0.15) is 17.9 Å². The van der Waals surface area contributed by atoms with Crippen LogP contribution >= 0.6 is 0 Å². The van der Waals surface area contributed by atoms with Gasteiger partial charge in [-0.15, -0.1) is 0 Å². The molecule has 2 N–H and O–H groups in total. The molecule has 2 atom stereocenters. The Hall–Kier alpha value is -2.38. The molecule has 1 nitrogen and oxygen atoms in total. The van der Waals surface area contributed by atoms with Crippen LogP contribution in [0.3, 0.4) is 0 Å². The van der Waals surface area contributed by atoms with Gasteiger partial charge in [0.1, 0.15) is 0 Å². The Morgan fingerprint density at radius 2 is 1.27 bits per heavy atom. The number of benzene rings is 3. The van der Waals surface area contributed by atoms with Crippen LogP contribution in [0.5, 0.6) is 0 Å². The number of rotatable bonds is 3. The zero-order valence-corrected chi connectivity index (χ0v) is 12.4. The van der Waals surface area contributed by atoms with Crippen LogP contribution < -0.4 is 5.73 Å². The summed E-state index contributed by atoms with van der Waals surface area (Å²) in [5.41, 5.74) is 12.5. The summed E-state index contributed by atoms with van der Waals surface area (Å²) in [6.07, 6.45) is 1.11. The maximum absolute atomic E-state index is 6.01. The first-order chi connectivity index (χ1) is 10.8. The van der Waals surface area contributed by atoms with Crippen molar-refractivity contribution >= 4 is 0 Å². The van der Waals surface area contributed by atoms with E-state index in [1.165, 1.54) is 27.8 Å². The highest BCUT2D eigenvalue weighted by atomic mass is 14.7. The topological polar surface area (TPSA) is 26.0 Å². The lowest BCUT2D eigenvalue weighted by Gasteiger charge is -2.11. The molecule has 0 bridgehead atoms. The normalized spacial score (nSPS) is 19.9. The Bertz CT molecular complexity index is 792. The lowest BCUT2D eigenvalue weighted by molar-refractivity contribution is 0.991. The second-order valence-electron chi connectivity index (χ2n) is 6.04. The van der Waals surface area contributed by atoms with Crippen molar-refractivity contribution in [2.75, 3.05) is 0 Å². The van der Waals surface area contributed by atoms with E-state index in [1.54, 1.807) is 0 Å². The van der Waals surface area contributed by atoms with E-state index in [1.807, 2.05) is 0 Å². The Morgan fingerprint density at radius 3 is 1.95 bits per heavy atom. The molecule has 0 radical (unpaired) electrons. The largest absolute Gasteiger partial charge is 0.327 e. The number of hydrogen-bond donors (Lipinski definition) is 1. The first-order valence-electron chi connectivity index (χ1n) is 7.83. The quantitative estimate of drug-likeness (QED) is 0.732. The van der Waals surface area contributed by atoms with Gasteiger partial charge in [0.25, 0.3) is 0 Å².